The molecular formula is C18H19ClN2O. The van der Waals surface area contributed by atoms with Crippen LogP contribution in [0.5, 0.6) is 0 Å². The Labute approximate surface area is 135 Å². The number of carbonyl (C=O) groups is 1. The maximum absolute atomic E-state index is 12.8. The molecule has 1 saturated heterocycles. The quantitative estimate of drug-likeness (QED) is 0.769. The van der Waals surface area contributed by atoms with Crippen LogP contribution in [0, 0.1) is 6.92 Å². The van der Waals surface area contributed by atoms with Crippen LogP contribution in [0.3, 0.4) is 0 Å². The fourth-order valence-electron chi connectivity index (χ4n) is 3.14. The Balaban J connectivity index is 1.93. The summed E-state index contributed by atoms with van der Waals surface area (Å²) in [6.07, 6.45) is 3.16. The van der Waals surface area contributed by atoms with Crippen LogP contribution in [0.15, 0.2) is 42.5 Å². The molecule has 0 unspecified atom stereocenters. The minimum atomic E-state index is 0.0891. The van der Waals surface area contributed by atoms with Gasteiger partial charge in [-0.3, -0.25) is 4.79 Å². The molecule has 0 aliphatic carbocycles. The lowest BCUT2D eigenvalue weighted by Crippen LogP contribution is -2.38. The van der Waals surface area contributed by atoms with Crippen LogP contribution < -0.4 is 0 Å². The largest absolute Gasteiger partial charge is 0.332 e. The molecule has 1 amide bonds. The van der Waals surface area contributed by atoms with Crippen LogP contribution in [-0.4, -0.2) is 22.3 Å². The van der Waals surface area contributed by atoms with E-state index in [1.54, 1.807) is 0 Å². The Morgan fingerprint density at radius 3 is 2.68 bits per heavy atom. The lowest BCUT2D eigenvalue weighted by molar-refractivity contribution is 0.0610. The van der Waals surface area contributed by atoms with Gasteiger partial charge in [0, 0.05) is 17.8 Å². The number of nitrogens with zero attached hydrogens (tertiary/aromatic N) is 2. The van der Waals surface area contributed by atoms with Gasteiger partial charge in [0.1, 0.15) is 5.15 Å². The summed E-state index contributed by atoms with van der Waals surface area (Å²) in [5.74, 6) is 0.0969. The first-order chi connectivity index (χ1) is 10.7. The molecule has 0 radical (unpaired) electrons. The van der Waals surface area contributed by atoms with Gasteiger partial charge in [0.15, 0.2) is 0 Å². The Kier molecular flexibility index (Phi) is 4.44. The second-order valence-corrected chi connectivity index (χ2v) is 6.07. The highest BCUT2D eigenvalue weighted by molar-refractivity contribution is 6.29. The van der Waals surface area contributed by atoms with Crippen LogP contribution in [0.1, 0.15) is 46.9 Å². The summed E-state index contributed by atoms with van der Waals surface area (Å²) in [4.78, 5) is 19.2. The number of aromatic nitrogens is 1. The van der Waals surface area contributed by atoms with E-state index in [4.69, 9.17) is 11.6 Å². The van der Waals surface area contributed by atoms with Crippen molar-refractivity contribution >= 4 is 17.5 Å². The van der Waals surface area contributed by atoms with Crippen molar-refractivity contribution < 1.29 is 4.79 Å². The Hall–Kier alpha value is -1.87. The summed E-state index contributed by atoms with van der Waals surface area (Å²) in [7, 11) is 0. The number of benzene rings is 1. The second-order valence-electron chi connectivity index (χ2n) is 5.68. The van der Waals surface area contributed by atoms with Crippen molar-refractivity contribution in [2.75, 3.05) is 6.54 Å². The number of amides is 1. The average molecular weight is 315 g/mol. The van der Waals surface area contributed by atoms with Crippen molar-refractivity contribution in [3.63, 3.8) is 0 Å². The van der Waals surface area contributed by atoms with Crippen molar-refractivity contribution in [3.05, 3.63) is 64.4 Å². The number of hydrogen-bond acceptors (Lipinski definition) is 2. The summed E-state index contributed by atoms with van der Waals surface area (Å²) in [5.41, 5.74) is 2.76. The molecule has 114 valence electrons. The summed E-state index contributed by atoms with van der Waals surface area (Å²) in [6.45, 7) is 2.75. The molecule has 0 spiro atoms. The Bertz CT molecular complexity index is 672. The zero-order valence-electron chi connectivity index (χ0n) is 12.6. The molecule has 1 aliphatic heterocycles. The van der Waals surface area contributed by atoms with Crippen LogP contribution in [0.4, 0.5) is 0 Å². The van der Waals surface area contributed by atoms with Gasteiger partial charge in [0.05, 0.1) is 6.04 Å². The third-order valence-corrected chi connectivity index (χ3v) is 4.45. The standard InChI is InChI=1S/C18H19ClN2O/c1-13-15(10-11-17(19)20-13)16-9-5-6-12-21(16)18(22)14-7-3-2-4-8-14/h2-4,7-8,10-11,16H,5-6,9,12H2,1H3/t16-/m1/s1. The number of hydrogen-bond donors (Lipinski definition) is 0. The van der Waals surface area contributed by atoms with E-state index in [9.17, 15) is 4.79 Å². The molecule has 2 aromatic rings. The van der Waals surface area contributed by atoms with E-state index in [0.717, 1.165) is 42.6 Å². The molecule has 1 fully saturated rings. The lowest BCUT2D eigenvalue weighted by atomic mass is 9.93. The highest BCUT2D eigenvalue weighted by atomic mass is 35.5. The molecule has 0 N–H and O–H groups in total. The Morgan fingerprint density at radius 2 is 1.95 bits per heavy atom. The monoisotopic (exact) mass is 314 g/mol. The molecule has 22 heavy (non-hydrogen) atoms. The fourth-order valence-corrected chi connectivity index (χ4v) is 3.33. The van der Waals surface area contributed by atoms with Gasteiger partial charge in [0.2, 0.25) is 0 Å². The predicted molar refractivity (Wildman–Crippen MR) is 88.1 cm³/mol. The topological polar surface area (TPSA) is 33.2 Å². The number of halogens is 1. The van der Waals surface area contributed by atoms with Crippen molar-refractivity contribution in [1.29, 1.82) is 0 Å². The average Bonchev–Trinajstić information content (AvgIpc) is 2.55. The normalized spacial score (nSPS) is 18.3. The van der Waals surface area contributed by atoms with E-state index < -0.39 is 0 Å². The van der Waals surface area contributed by atoms with Crippen LogP contribution >= 0.6 is 11.6 Å². The van der Waals surface area contributed by atoms with E-state index in [2.05, 4.69) is 4.98 Å². The molecule has 2 heterocycles. The van der Waals surface area contributed by atoms with E-state index in [0.29, 0.717) is 5.15 Å². The lowest BCUT2D eigenvalue weighted by Gasteiger charge is -2.36. The first-order valence-electron chi connectivity index (χ1n) is 7.66. The minimum absolute atomic E-state index is 0.0891. The van der Waals surface area contributed by atoms with E-state index in [-0.39, 0.29) is 11.9 Å². The summed E-state index contributed by atoms with van der Waals surface area (Å²) in [5, 5.41) is 0.498. The summed E-state index contributed by atoms with van der Waals surface area (Å²) in [6, 6.07) is 13.4. The van der Waals surface area contributed by atoms with Gasteiger partial charge >= 0.3 is 0 Å². The van der Waals surface area contributed by atoms with E-state index in [1.807, 2.05) is 54.3 Å². The van der Waals surface area contributed by atoms with E-state index in [1.165, 1.54) is 0 Å². The smallest absolute Gasteiger partial charge is 0.254 e. The maximum Gasteiger partial charge on any atom is 0.254 e. The zero-order chi connectivity index (χ0) is 15.5. The number of pyridine rings is 1. The number of rotatable bonds is 2. The highest BCUT2D eigenvalue weighted by Gasteiger charge is 2.29. The van der Waals surface area contributed by atoms with Gasteiger partial charge in [-0.2, -0.15) is 0 Å². The highest BCUT2D eigenvalue weighted by Crippen LogP contribution is 2.33. The molecule has 3 rings (SSSR count). The maximum atomic E-state index is 12.8. The number of piperidine rings is 1. The molecule has 0 saturated carbocycles. The molecule has 3 nitrogen and oxygen atoms in total. The Morgan fingerprint density at radius 1 is 1.18 bits per heavy atom. The van der Waals surface area contributed by atoms with Gasteiger partial charge < -0.3 is 4.90 Å². The third kappa shape index (κ3) is 3.00. The molecule has 1 aromatic heterocycles. The molecule has 1 aromatic carbocycles. The molecular weight excluding hydrogens is 296 g/mol. The summed E-state index contributed by atoms with van der Waals surface area (Å²) < 4.78 is 0. The zero-order valence-corrected chi connectivity index (χ0v) is 13.4. The van der Waals surface area contributed by atoms with Crippen molar-refractivity contribution in [2.45, 2.75) is 32.2 Å². The fraction of sp³-hybridized carbons (Fsp3) is 0.333. The van der Waals surface area contributed by atoms with Gasteiger partial charge in [-0.1, -0.05) is 35.9 Å². The van der Waals surface area contributed by atoms with Gasteiger partial charge in [-0.15, -0.1) is 0 Å². The van der Waals surface area contributed by atoms with Gasteiger partial charge in [0.25, 0.3) is 5.91 Å². The summed E-state index contributed by atoms with van der Waals surface area (Å²) >= 11 is 5.96. The van der Waals surface area contributed by atoms with Crippen molar-refractivity contribution in [2.24, 2.45) is 0 Å². The predicted octanol–water partition coefficient (Wildman–Crippen LogP) is 4.41. The SMILES string of the molecule is Cc1nc(Cl)ccc1[C@H]1CCCCN1C(=O)c1ccccc1. The second kappa shape index (κ2) is 6.49. The van der Waals surface area contributed by atoms with Crippen LogP contribution in [0.2, 0.25) is 5.15 Å². The van der Waals surface area contributed by atoms with E-state index >= 15 is 0 Å². The molecule has 1 aliphatic rings. The van der Waals surface area contributed by atoms with Crippen LogP contribution in [-0.2, 0) is 0 Å². The first kappa shape index (κ1) is 15.0. The molecule has 0 bridgehead atoms. The van der Waals surface area contributed by atoms with Crippen molar-refractivity contribution in [1.82, 2.24) is 9.88 Å². The number of likely N-dealkylation sites (tertiary alicyclic amines) is 1. The molecule has 1 atom stereocenters. The van der Waals surface area contributed by atoms with Gasteiger partial charge in [-0.25, -0.2) is 4.98 Å². The number of aryl methyl sites for hydroxylation is 1. The molecule has 4 heteroatoms. The third-order valence-electron chi connectivity index (χ3n) is 4.24. The van der Waals surface area contributed by atoms with Gasteiger partial charge in [-0.05, 0) is 49.9 Å². The first-order valence-corrected chi connectivity index (χ1v) is 8.03. The van der Waals surface area contributed by atoms with Crippen molar-refractivity contribution in [3.8, 4) is 0 Å². The van der Waals surface area contributed by atoms with Crippen LogP contribution in [0.25, 0.3) is 0 Å². The minimum Gasteiger partial charge on any atom is -0.332 e. The number of carbonyl (C=O) groups excluding carboxylic acids is 1.